The summed E-state index contributed by atoms with van der Waals surface area (Å²) >= 11 is 0. The SMILES string of the molecule is O=C([O-])c1ccccc1C1COCC1(F)F. The summed E-state index contributed by atoms with van der Waals surface area (Å²) in [5.74, 6) is -5.68. The summed E-state index contributed by atoms with van der Waals surface area (Å²) in [6, 6.07) is 5.64. The minimum absolute atomic E-state index is 0.0741. The minimum atomic E-state index is -3.02. The average molecular weight is 227 g/mol. The zero-order chi connectivity index (χ0) is 11.8. The molecule has 1 heterocycles. The van der Waals surface area contributed by atoms with Crippen LogP contribution >= 0.6 is 0 Å². The summed E-state index contributed by atoms with van der Waals surface area (Å²) in [5, 5.41) is 10.8. The minimum Gasteiger partial charge on any atom is -0.545 e. The van der Waals surface area contributed by atoms with E-state index in [2.05, 4.69) is 0 Å². The molecule has 0 saturated carbocycles. The first-order valence-electron chi connectivity index (χ1n) is 4.78. The maximum absolute atomic E-state index is 13.4. The Morgan fingerprint density at radius 3 is 2.69 bits per heavy atom. The fourth-order valence-corrected chi connectivity index (χ4v) is 1.84. The molecule has 2 rings (SSSR count). The van der Waals surface area contributed by atoms with Crippen LogP contribution in [0.1, 0.15) is 21.8 Å². The molecule has 1 aliphatic rings. The predicted octanol–water partition coefficient (Wildman–Crippen LogP) is 0.799. The number of hydrogen-bond acceptors (Lipinski definition) is 3. The zero-order valence-electron chi connectivity index (χ0n) is 8.28. The topological polar surface area (TPSA) is 49.4 Å². The van der Waals surface area contributed by atoms with E-state index in [9.17, 15) is 18.7 Å². The van der Waals surface area contributed by atoms with E-state index in [1.54, 1.807) is 0 Å². The third-order valence-corrected chi connectivity index (χ3v) is 2.64. The van der Waals surface area contributed by atoms with Crippen molar-refractivity contribution in [1.82, 2.24) is 0 Å². The molecule has 1 aliphatic heterocycles. The second kappa shape index (κ2) is 3.83. The van der Waals surface area contributed by atoms with Crippen LogP contribution < -0.4 is 5.11 Å². The van der Waals surface area contributed by atoms with E-state index in [1.807, 2.05) is 0 Å². The van der Waals surface area contributed by atoms with Gasteiger partial charge in [0.15, 0.2) is 0 Å². The van der Waals surface area contributed by atoms with Crippen molar-refractivity contribution in [1.29, 1.82) is 0 Å². The molecule has 0 aliphatic carbocycles. The monoisotopic (exact) mass is 227 g/mol. The molecule has 0 amide bonds. The number of carbonyl (C=O) groups excluding carboxylic acids is 1. The standard InChI is InChI=1S/C11H10F2O3/c12-11(13)6-16-5-9(11)7-3-1-2-4-8(7)10(14)15/h1-4,9H,5-6H2,(H,14,15)/p-1. The molecule has 0 spiro atoms. The van der Waals surface area contributed by atoms with Crippen molar-refractivity contribution in [2.75, 3.05) is 13.2 Å². The lowest BCUT2D eigenvalue weighted by Gasteiger charge is -2.20. The van der Waals surface area contributed by atoms with Gasteiger partial charge in [0.25, 0.3) is 5.92 Å². The average Bonchev–Trinajstić information content (AvgIpc) is 2.58. The van der Waals surface area contributed by atoms with Crippen LogP contribution in [-0.4, -0.2) is 25.1 Å². The lowest BCUT2D eigenvalue weighted by atomic mass is 9.91. The van der Waals surface area contributed by atoms with Gasteiger partial charge in [-0.15, -0.1) is 0 Å². The van der Waals surface area contributed by atoms with E-state index in [0.717, 1.165) is 0 Å². The van der Waals surface area contributed by atoms with Crippen LogP contribution in [0.25, 0.3) is 0 Å². The van der Waals surface area contributed by atoms with Crippen LogP contribution in [-0.2, 0) is 4.74 Å². The number of aromatic carboxylic acids is 1. The highest BCUT2D eigenvalue weighted by Crippen LogP contribution is 2.39. The maximum Gasteiger partial charge on any atom is 0.279 e. The molecule has 0 N–H and O–H groups in total. The Balaban J connectivity index is 2.44. The highest BCUT2D eigenvalue weighted by Gasteiger charge is 2.46. The molecule has 1 aromatic rings. The molecule has 5 heteroatoms. The van der Waals surface area contributed by atoms with E-state index in [1.165, 1.54) is 24.3 Å². The third-order valence-electron chi connectivity index (χ3n) is 2.64. The summed E-state index contributed by atoms with van der Waals surface area (Å²) in [4.78, 5) is 10.8. The number of halogens is 2. The van der Waals surface area contributed by atoms with E-state index in [-0.39, 0.29) is 17.7 Å². The Kier molecular flexibility index (Phi) is 2.63. The van der Waals surface area contributed by atoms with Crippen molar-refractivity contribution in [3.63, 3.8) is 0 Å². The van der Waals surface area contributed by atoms with Crippen LogP contribution in [0.4, 0.5) is 8.78 Å². The Labute approximate surface area is 90.7 Å². The second-order valence-corrected chi connectivity index (χ2v) is 3.70. The molecule has 3 nitrogen and oxygen atoms in total. The molecular formula is C11H9F2O3-. The fourth-order valence-electron chi connectivity index (χ4n) is 1.84. The first-order chi connectivity index (χ1) is 7.52. The van der Waals surface area contributed by atoms with Gasteiger partial charge in [-0.2, -0.15) is 0 Å². The highest BCUT2D eigenvalue weighted by atomic mass is 19.3. The molecule has 1 saturated heterocycles. The van der Waals surface area contributed by atoms with Gasteiger partial charge in [-0.05, 0) is 5.56 Å². The number of benzene rings is 1. The number of hydrogen-bond donors (Lipinski definition) is 0. The van der Waals surface area contributed by atoms with Crippen molar-refractivity contribution in [2.45, 2.75) is 11.8 Å². The van der Waals surface area contributed by atoms with Crippen LogP contribution in [0.3, 0.4) is 0 Å². The van der Waals surface area contributed by atoms with Gasteiger partial charge in [-0.3, -0.25) is 0 Å². The fraction of sp³-hybridized carbons (Fsp3) is 0.364. The van der Waals surface area contributed by atoms with Gasteiger partial charge in [0.1, 0.15) is 6.61 Å². The predicted molar refractivity (Wildman–Crippen MR) is 49.3 cm³/mol. The second-order valence-electron chi connectivity index (χ2n) is 3.70. The molecule has 86 valence electrons. The van der Waals surface area contributed by atoms with Crippen LogP contribution in [0, 0.1) is 0 Å². The van der Waals surface area contributed by atoms with Gasteiger partial charge in [0.2, 0.25) is 0 Å². The normalized spacial score (nSPS) is 23.2. The van der Waals surface area contributed by atoms with Gasteiger partial charge in [-0.1, -0.05) is 24.3 Å². The Morgan fingerprint density at radius 2 is 2.12 bits per heavy atom. The van der Waals surface area contributed by atoms with Gasteiger partial charge in [0.05, 0.1) is 18.5 Å². The Hall–Kier alpha value is -1.49. The molecule has 1 fully saturated rings. The number of rotatable bonds is 2. The number of carboxylic acid groups (broad SMARTS) is 1. The third kappa shape index (κ3) is 1.78. The quantitative estimate of drug-likeness (QED) is 0.750. The summed E-state index contributed by atoms with van der Waals surface area (Å²) in [5.41, 5.74) is -0.123. The lowest BCUT2D eigenvalue weighted by Crippen LogP contribution is -2.29. The number of carboxylic acids is 1. The number of carbonyl (C=O) groups is 1. The summed E-state index contributed by atoms with van der Waals surface area (Å²) in [6.45, 7) is -0.837. The van der Waals surface area contributed by atoms with Crippen molar-refractivity contribution < 1.29 is 23.4 Å². The van der Waals surface area contributed by atoms with Crippen LogP contribution in [0.5, 0.6) is 0 Å². The molecule has 1 atom stereocenters. The molecule has 0 radical (unpaired) electrons. The first-order valence-corrected chi connectivity index (χ1v) is 4.78. The van der Waals surface area contributed by atoms with Gasteiger partial charge < -0.3 is 14.6 Å². The molecular weight excluding hydrogens is 218 g/mol. The number of alkyl halides is 2. The van der Waals surface area contributed by atoms with Crippen molar-refractivity contribution in [3.8, 4) is 0 Å². The largest absolute Gasteiger partial charge is 0.545 e. The van der Waals surface area contributed by atoms with E-state index >= 15 is 0 Å². The molecule has 1 aromatic carbocycles. The van der Waals surface area contributed by atoms with Gasteiger partial charge in [0, 0.05) is 5.56 Å². The highest BCUT2D eigenvalue weighted by molar-refractivity contribution is 5.87. The molecule has 0 bridgehead atoms. The first kappa shape index (κ1) is 11.0. The van der Waals surface area contributed by atoms with Gasteiger partial charge >= 0.3 is 0 Å². The maximum atomic E-state index is 13.4. The summed E-state index contributed by atoms with van der Waals surface area (Å²) in [6.07, 6.45) is 0. The van der Waals surface area contributed by atoms with Crippen molar-refractivity contribution in [3.05, 3.63) is 35.4 Å². The van der Waals surface area contributed by atoms with Crippen LogP contribution in [0.15, 0.2) is 24.3 Å². The summed E-state index contributed by atoms with van der Waals surface area (Å²) < 4.78 is 31.5. The summed E-state index contributed by atoms with van der Waals surface area (Å²) in [7, 11) is 0. The van der Waals surface area contributed by atoms with E-state index in [4.69, 9.17) is 4.74 Å². The Morgan fingerprint density at radius 1 is 1.44 bits per heavy atom. The van der Waals surface area contributed by atoms with Gasteiger partial charge in [-0.25, -0.2) is 8.78 Å². The van der Waals surface area contributed by atoms with Crippen molar-refractivity contribution in [2.24, 2.45) is 0 Å². The molecule has 0 aromatic heterocycles. The lowest BCUT2D eigenvalue weighted by molar-refractivity contribution is -0.255. The molecule has 16 heavy (non-hydrogen) atoms. The smallest absolute Gasteiger partial charge is 0.279 e. The zero-order valence-corrected chi connectivity index (χ0v) is 8.28. The Bertz CT molecular complexity index is 417. The van der Waals surface area contributed by atoms with E-state index < -0.39 is 24.4 Å². The molecule has 1 unspecified atom stereocenters. The van der Waals surface area contributed by atoms with Crippen LogP contribution in [0.2, 0.25) is 0 Å². The van der Waals surface area contributed by atoms with Crippen molar-refractivity contribution >= 4 is 5.97 Å². The van der Waals surface area contributed by atoms with E-state index in [0.29, 0.717) is 0 Å². The number of ether oxygens (including phenoxy) is 1.